The summed E-state index contributed by atoms with van der Waals surface area (Å²) < 4.78 is 1.22. The summed E-state index contributed by atoms with van der Waals surface area (Å²) in [4.78, 5) is 19.1. The highest BCUT2D eigenvalue weighted by Crippen LogP contribution is 2.20. The predicted molar refractivity (Wildman–Crippen MR) is 69.0 cm³/mol. The molecule has 9 nitrogen and oxygen atoms in total. The minimum absolute atomic E-state index is 0.356. The molecule has 98 valence electrons. The van der Waals surface area contributed by atoms with Gasteiger partial charge in [0.25, 0.3) is 0 Å². The molecule has 3 aromatic heterocycles. The van der Waals surface area contributed by atoms with Crippen molar-refractivity contribution in [3.8, 4) is 11.6 Å². The summed E-state index contributed by atoms with van der Waals surface area (Å²) in [6.07, 6.45) is 0. The molecule has 4 aromatic rings. The van der Waals surface area contributed by atoms with Crippen LogP contribution in [0.1, 0.15) is 5.56 Å². The second kappa shape index (κ2) is 3.70. The molecule has 1 aromatic carbocycles. The van der Waals surface area contributed by atoms with Crippen LogP contribution in [0.15, 0.2) is 23.0 Å². The molecule has 0 amide bonds. The molecule has 3 heterocycles. The Balaban J connectivity index is 2.18. The summed E-state index contributed by atoms with van der Waals surface area (Å²) in [5, 5.41) is 18.3. The molecule has 0 aliphatic rings. The van der Waals surface area contributed by atoms with E-state index >= 15 is 0 Å². The molecule has 0 saturated heterocycles. The Morgan fingerprint density at radius 2 is 2.15 bits per heavy atom. The molecule has 0 bridgehead atoms. The van der Waals surface area contributed by atoms with Crippen molar-refractivity contribution in [3.63, 3.8) is 0 Å². The normalized spacial score (nSPS) is 11.4. The molecule has 0 atom stereocenters. The molecule has 0 aliphatic heterocycles. The minimum Gasteiger partial charge on any atom is -0.319 e. The van der Waals surface area contributed by atoms with E-state index in [1.54, 1.807) is 6.07 Å². The van der Waals surface area contributed by atoms with Gasteiger partial charge in [-0.15, -0.1) is 10.2 Å². The van der Waals surface area contributed by atoms with Gasteiger partial charge in [-0.05, 0) is 29.0 Å². The fraction of sp³-hybridized carbons (Fsp3) is 0.0909. The molecule has 0 aliphatic carbocycles. The van der Waals surface area contributed by atoms with Crippen molar-refractivity contribution >= 4 is 16.6 Å². The third kappa shape index (κ3) is 1.37. The van der Waals surface area contributed by atoms with E-state index in [2.05, 4.69) is 35.7 Å². The first-order valence-electron chi connectivity index (χ1n) is 5.86. The number of aromatic nitrogens is 8. The van der Waals surface area contributed by atoms with Gasteiger partial charge in [0.15, 0.2) is 5.82 Å². The van der Waals surface area contributed by atoms with E-state index in [0.717, 1.165) is 10.9 Å². The number of fused-ring (bicyclic) bond motifs is 3. The Morgan fingerprint density at radius 1 is 1.25 bits per heavy atom. The highest BCUT2D eigenvalue weighted by molar-refractivity contribution is 5.94. The zero-order valence-electron chi connectivity index (χ0n) is 10.3. The van der Waals surface area contributed by atoms with Crippen molar-refractivity contribution < 1.29 is 0 Å². The van der Waals surface area contributed by atoms with Crippen LogP contribution in [0.25, 0.3) is 28.2 Å². The second-order valence-corrected chi connectivity index (χ2v) is 4.35. The zero-order chi connectivity index (χ0) is 13.7. The van der Waals surface area contributed by atoms with Crippen LogP contribution in [0.2, 0.25) is 0 Å². The molecule has 2 N–H and O–H groups in total. The van der Waals surface area contributed by atoms with E-state index in [4.69, 9.17) is 0 Å². The molecule has 0 fully saturated rings. The molecule has 20 heavy (non-hydrogen) atoms. The van der Waals surface area contributed by atoms with E-state index in [1.165, 1.54) is 4.52 Å². The zero-order valence-corrected chi connectivity index (χ0v) is 10.3. The number of nitrogens with one attached hydrogen (secondary N) is 2. The lowest BCUT2D eigenvalue weighted by atomic mass is 10.1. The molecule has 0 unspecified atom stereocenters. The lowest BCUT2D eigenvalue weighted by Crippen LogP contribution is -2.17. The van der Waals surface area contributed by atoms with E-state index in [0.29, 0.717) is 22.8 Å². The fourth-order valence-electron chi connectivity index (χ4n) is 2.22. The summed E-state index contributed by atoms with van der Waals surface area (Å²) in [7, 11) is 0. The summed E-state index contributed by atoms with van der Waals surface area (Å²) in [6, 6.07) is 5.60. The van der Waals surface area contributed by atoms with Gasteiger partial charge < -0.3 is 4.98 Å². The summed E-state index contributed by atoms with van der Waals surface area (Å²) in [5.74, 6) is 0.736. The Hall–Kier alpha value is -3.10. The van der Waals surface area contributed by atoms with Gasteiger partial charge >= 0.3 is 5.69 Å². The van der Waals surface area contributed by atoms with Gasteiger partial charge in [-0.25, -0.2) is 9.89 Å². The molecule has 9 heteroatoms. The Bertz CT molecular complexity index is 981. The molecule has 4 rings (SSSR count). The maximum Gasteiger partial charge on any atom is 0.370 e. The maximum atomic E-state index is 12.0. The Morgan fingerprint density at radius 3 is 2.95 bits per heavy atom. The average molecular weight is 268 g/mol. The molecular formula is C11H8N8O. The SMILES string of the molecule is Cc1cccc2nc(=O)n3nc(-c4nnn[nH]4)[nH]c3c12. The number of tetrazole rings is 1. The van der Waals surface area contributed by atoms with Crippen molar-refractivity contribution in [2.75, 3.05) is 0 Å². The Kier molecular flexibility index (Phi) is 1.99. The number of H-pyrrole nitrogens is 2. The monoisotopic (exact) mass is 268 g/mol. The number of aryl methyl sites for hydroxylation is 1. The smallest absolute Gasteiger partial charge is 0.319 e. The topological polar surface area (TPSA) is 118 Å². The van der Waals surface area contributed by atoms with E-state index in [9.17, 15) is 4.79 Å². The summed E-state index contributed by atoms with van der Waals surface area (Å²) in [5.41, 5.74) is 1.75. The van der Waals surface area contributed by atoms with Gasteiger partial charge in [-0.1, -0.05) is 12.1 Å². The second-order valence-electron chi connectivity index (χ2n) is 4.35. The Labute approximate surface area is 110 Å². The third-order valence-corrected chi connectivity index (χ3v) is 3.10. The largest absolute Gasteiger partial charge is 0.370 e. The van der Waals surface area contributed by atoms with Crippen LogP contribution in [0, 0.1) is 6.92 Å². The van der Waals surface area contributed by atoms with Crippen LogP contribution >= 0.6 is 0 Å². The number of hydrogen-bond acceptors (Lipinski definition) is 6. The first kappa shape index (κ1) is 10.8. The fourth-order valence-corrected chi connectivity index (χ4v) is 2.22. The third-order valence-electron chi connectivity index (χ3n) is 3.10. The number of nitrogens with zero attached hydrogens (tertiary/aromatic N) is 6. The van der Waals surface area contributed by atoms with Crippen LogP contribution in [0.5, 0.6) is 0 Å². The quantitative estimate of drug-likeness (QED) is 0.504. The van der Waals surface area contributed by atoms with Crippen LogP contribution in [-0.2, 0) is 0 Å². The van der Waals surface area contributed by atoms with Crippen LogP contribution in [0.3, 0.4) is 0 Å². The average Bonchev–Trinajstić information content (AvgIpc) is 3.08. The lowest BCUT2D eigenvalue weighted by molar-refractivity contribution is 0.880. The number of rotatable bonds is 1. The van der Waals surface area contributed by atoms with Gasteiger partial charge in [-0.2, -0.15) is 9.50 Å². The van der Waals surface area contributed by atoms with Crippen LogP contribution in [-0.4, -0.2) is 40.2 Å². The molecule has 0 spiro atoms. The number of aromatic amines is 2. The molecular weight excluding hydrogens is 260 g/mol. The first-order chi connectivity index (χ1) is 9.74. The van der Waals surface area contributed by atoms with Gasteiger partial charge in [0.2, 0.25) is 5.82 Å². The van der Waals surface area contributed by atoms with Crippen molar-refractivity contribution in [2.24, 2.45) is 0 Å². The highest BCUT2D eigenvalue weighted by atomic mass is 16.1. The number of hydrogen-bond donors (Lipinski definition) is 2. The van der Waals surface area contributed by atoms with Gasteiger partial charge in [0.1, 0.15) is 5.65 Å². The van der Waals surface area contributed by atoms with Gasteiger partial charge in [0.05, 0.1) is 5.52 Å². The van der Waals surface area contributed by atoms with Gasteiger partial charge in [0, 0.05) is 5.39 Å². The highest BCUT2D eigenvalue weighted by Gasteiger charge is 2.14. The standard InChI is InChI=1S/C11H8N8O/c1-5-3-2-4-6-7(5)10-13-8(9-14-17-18-15-9)16-19(10)11(20)12-6/h2-4H,1H3,(H,13,16)(H,14,15,17,18). The van der Waals surface area contributed by atoms with Crippen LogP contribution < -0.4 is 5.69 Å². The summed E-state index contributed by atoms with van der Waals surface area (Å²) >= 11 is 0. The molecule has 0 radical (unpaired) electrons. The maximum absolute atomic E-state index is 12.0. The lowest BCUT2D eigenvalue weighted by Gasteiger charge is -2.01. The van der Waals surface area contributed by atoms with Crippen LogP contribution in [0.4, 0.5) is 0 Å². The van der Waals surface area contributed by atoms with E-state index in [-0.39, 0.29) is 0 Å². The van der Waals surface area contributed by atoms with E-state index < -0.39 is 5.69 Å². The van der Waals surface area contributed by atoms with Crippen molar-refractivity contribution in [1.29, 1.82) is 0 Å². The van der Waals surface area contributed by atoms with Gasteiger partial charge in [-0.3, -0.25) is 0 Å². The first-order valence-corrected chi connectivity index (χ1v) is 5.86. The van der Waals surface area contributed by atoms with Crippen molar-refractivity contribution in [1.82, 2.24) is 40.2 Å². The van der Waals surface area contributed by atoms with Crippen molar-refractivity contribution in [2.45, 2.75) is 6.92 Å². The number of benzene rings is 1. The summed E-state index contributed by atoms with van der Waals surface area (Å²) in [6.45, 7) is 1.95. The van der Waals surface area contributed by atoms with Crippen molar-refractivity contribution in [3.05, 3.63) is 34.2 Å². The predicted octanol–water partition coefficient (Wildman–Crippen LogP) is 0.0593. The van der Waals surface area contributed by atoms with E-state index in [1.807, 2.05) is 19.1 Å². The molecule has 0 saturated carbocycles. The minimum atomic E-state index is -0.451.